The molecule has 0 atom stereocenters. The van der Waals surface area contributed by atoms with Gasteiger partial charge in [-0.1, -0.05) is 23.7 Å². The van der Waals surface area contributed by atoms with Gasteiger partial charge in [-0.05, 0) is 42.5 Å². The molecule has 2 aromatic carbocycles. The molecule has 0 bridgehead atoms. The van der Waals surface area contributed by atoms with Crippen molar-refractivity contribution in [2.45, 2.75) is 0 Å². The number of amides is 2. The summed E-state index contributed by atoms with van der Waals surface area (Å²) < 4.78 is 0. The van der Waals surface area contributed by atoms with E-state index in [1.807, 2.05) is 18.2 Å². The largest absolute Gasteiger partial charge is 0.478 e. The highest BCUT2D eigenvalue weighted by atomic mass is 35.5. The average molecular weight is 455 g/mol. The van der Waals surface area contributed by atoms with Gasteiger partial charge in [-0.25, -0.2) is 19.6 Å². The number of carboxylic acids is 1. The molecule has 3 aromatic rings. The predicted octanol–water partition coefficient (Wildman–Crippen LogP) is 3.21. The van der Waals surface area contributed by atoms with Gasteiger partial charge in [-0.15, -0.1) is 0 Å². The van der Waals surface area contributed by atoms with E-state index in [1.54, 1.807) is 35.4 Å². The fraction of sp³-hybridized carbons (Fsp3) is 0.182. The number of aromatic nitrogens is 2. The van der Waals surface area contributed by atoms with E-state index >= 15 is 0 Å². The van der Waals surface area contributed by atoms with Gasteiger partial charge in [-0.2, -0.15) is 0 Å². The van der Waals surface area contributed by atoms with E-state index in [9.17, 15) is 9.59 Å². The summed E-state index contributed by atoms with van der Waals surface area (Å²) in [5.74, 6) is -0.530. The number of piperazine rings is 1. The van der Waals surface area contributed by atoms with Crippen molar-refractivity contribution in [1.29, 1.82) is 0 Å². The molecule has 5 N–H and O–H groups in total. The van der Waals surface area contributed by atoms with Crippen LogP contribution in [0.2, 0.25) is 5.02 Å². The molecule has 32 heavy (non-hydrogen) atoms. The van der Waals surface area contributed by atoms with Gasteiger partial charge in [0.15, 0.2) is 0 Å². The van der Waals surface area contributed by atoms with Gasteiger partial charge in [0.25, 0.3) is 0 Å². The summed E-state index contributed by atoms with van der Waals surface area (Å²) in [6, 6.07) is 15.3. The molecule has 1 fully saturated rings. The maximum atomic E-state index is 10.8. The molecule has 2 amide bonds. The summed E-state index contributed by atoms with van der Waals surface area (Å²) in [6.07, 6.45) is 1.66. The van der Waals surface area contributed by atoms with Crippen molar-refractivity contribution in [3.05, 3.63) is 71.4 Å². The minimum Gasteiger partial charge on any atom is -0.478 e. The standard InChI is InChI=1S/C17H12ClN3O2.C5H11N3O/c18-13-5-1-11(2-6-13)15-9-10-19-17(21-15)20-14-7-3-12(4-8-14)16(22)23;6-5(9)8-3-1-7-2-4-8/h1-10H,(H,22,23)(H,19,20,21);7H,1-4H2,(H2,6,9). The normalized spacial score (nSPS) is 13.0. The number of hydrogen-bond acceptors (Lipinski definition) is 6. The SMILES string of the molecule is NC(=O)N1CCNCC1.O=C(O)c1ccc(Nc2nccc(-c3ccc(Cl)cc3)n2)cc1. The average Bonchev–Trinajstić information content (AvgIpc) is 2.81. The van der Waals surface area contributed by atoms with Gasteiger partial charge in [0.2, 0.25) is 5.95 Å². The molecule has 1 aliphatic rings. The van der Waals surface area contributed by atoms with Crippen LogP contribution in [0.4, 0.5) is 16.4 Å². The maximum Gasteiger partial charge on any atom is 0.335 e. The number of aromatic carboxylic acids is 1. The highest BCUT2D eigenvalue weighted by molar-refractivity contribution is 6.30. The minimum absolute atomic E-state index is 0.228. The topological polar surface area (TPSA) is 133 Å². The smallest absolute Gasteiger partial charge is 0.335 e. The van der Waals surface area contributed by atoms with E-state index in [2.05, 4.69) is 20.6 Å². The van der Waals surface area contributed by atoms with Crippen LogP contribution in [0.5, 0.6) is 0 Å². The second kappa shape index (κ2) is 11.1. The number of carboxylic acid groups (broad SMARTS) is 1. The fourth-order valence-electron chi connectivity index (χ4n) is 2.91. The Balaban J connectivity index is 0.000000269. The van der Waals surface area contributed by atoms with Crippen molar-refractivity contribution in [3.8, 4) is 11.3 Å². The van der Waals surface area contributed by atoms with Gasteiger partial charge in [0.1, 0.15) is 0 Å². The van der Waals surface area contributed by atoms with Crippen LogP contribution in [0.25, 0.3) is 11.3 Å². The van der Waals surface area contributed by atoms with Gasteiger partial charge >= 0.3 is 12.0 Å². The number of nitrogens with two attached hydrogens (primary N) is 1. The van der Waals surface area contributed by atoms with Crippen LogP contribution in [-0.4, -0.2) is 58.2 Å². The van der Waals surface area contributed by atoms with Crippen LogP contribution in [0.15, 0.2) is 60.8 Å². The lowest BCUT2D eigenvalue weighted by Gasteiger charge is -2.25. The van der Waals surface area contributed by atoms with Crippen molar-refractivity contribution in [3.63, 3.8) is 0 Å². The summed E-state index contributed by atoms with van der Waals surface area (Å²) in [5, 5.41) is 15.7. The number of benzene rings is 2. The molecule has 4 rings (SSSR count). The monoisotopic (exact) mass is 454 g/mol. The van der Waals surface area contributed by atoms with Crippen LogP contribution in [-0.2, 0) is 0 Å². The Bertz CT molecular complexity index is 1050. The minimum atomic E-state index is -0.961. The van der Waals surface area contributed by atoms with Gasteiger partial charge in [-0.3, -0.25) is 0 Å². The van der Waals surface area contributed by atoms with Crippen molar-refractivity contribution >= 4 is 35.2 Å². The molecule has 1 aromatic heterocycles. The zero-order chi connectivity index (χ0) is 22.9. The summed E-state index contributed by atoms with van der Waals surface area (Å²) in [6.45, 7) is 3.22. The summed E-state index contributed by atoms with van der Waals surface area (Å²) in [4.78, 5) is 31.6. The third-order valence-corrected chi connectivity index (χ3v) is 4.86. The highest BCUT2D eigenvalue weighted by Crippen LogP contribution is 2.21. The molecule has 10 heteroatoms. The molecule has 0 unspecified atom stereocenters. The van der Waals surface area contributed by atoms with Crippen LogP contribution in [0.3, 0.4) is 0 Å². The molecule has 9 nitrogen and oxygen atoms in total. The number of urea groups is 1. The zero-order valence-electron chi connectivity index (χ0n) is 17.2. The Morgan fingerprint density at radius 3 is 2.25 bits per heavy atom. The summed E-state index contributed by atoms with van der Waals surface area (Å²) in [5.41, 5.74) is 7.66. The number of anilines is 2. The van der Waals surface area contributed by atoms with Crippen molar-refractivity contribution in [2.75, 3.05) is 31.5 Å². The number of carbonyl (C=O) groups excluding carboxylic acids is 1. The molecule has 0 spiro atoms. The zero-order valence-corrected chi connectivity index (χ0v) is 17.9. The van der Waals surface area contributed by atoms with Crippen LogP contribution in [0, 0.1) is 0 Å². The molecule has 166 valence electrons. The van der Waals surface area contributed by atoms with Crippen LogP contribution < -0.4 is 16.4 Å². The molecule has 0 aliphatic carbocycles. The lowest BCUT2D eigenvalue weighted by atomic mass is 10.1. The van der Waals surface area contributed by atoms with Crippen LogP contribution >= 0.6 is 11.6 Å². The van der Waals surface area contributed by atoms with Gasteiger partial charge in [0, 0.05) is 48.6 Å². The molecule has 1 saturated heterocycles. The first-order valence-electron chi connectivity index (χ1n) is 9.87. The fourth-order valence-corrected chi connectivity index (χ4v) is 3.04. The van der Waals surface area contributed by atoms with Crippen molar-refractivity contribution in [1.82, 2.24) is 20.2 Å². The van der Waals surface area contributed by atoms with Crippen molar-refractivity contribution in [2.24, 2.45) is 5.73 Å². The second-order valence-electron chi connectivity index (χ2n) is 6.86. The first kappa shape index (κ1) is 23.0. The van der Waals surface area contributed by atoms with E-state index in [0.29, 0.717) is 16.7 Å². The summed E-state index contributed by atoms with van der Waals surface area (Å²) >= 11 is 5.89. The van der Waals surface area contributed by atoms with Gasteiger partial charge in [0.05, 0.1) is 11.3 Å². The Labute approximate surface area is 190 Å². The number of carbonyl (C=O) groups is 2. The lowest BCUT2D eigenvalue weighted by Crippen LogP contribution is -2.48. The van der Waals surface area contributed by atoms with E-state index < -0.39 is 5.97 Å². The molecule has 0 saturated carbocycles. The van der Waals surface area contributed by atoms with E-state index in [4.69, 9.17) is 22.4 Å². The Hall–Kier alpha value is -3.69. The molecular weight excluding hydrogens is 432 g/mol. The molecule has 2 heterocycles. The van der Waals surface area contributed by atoms with E-state index in [1.165, 1.54) is 12.1 Å². The number of nitrogens with zero attached hydrogens (tertiary/aromatic N) is 3. The highest BCUT2D eigenvalue weighted by Gasteiger charge is 2.11. The third-order valence-electron chi connectivity index (χ3n) is 4.61. The number of halogens is 1. The Kier molecular flexibility index (Phi) is 7.96. The first-order chi connectivity index (χ1) is 15.4. The van der Waals surface area contributed by atoms with Crippen LogP contribution in [0.1, 0.15) is 10.4 Å². The number of hydrogen-bond donors (Lipinski definition) is 4. The van der Waals surface area contributed by atoms with Crippen molar-refractivity contribution < 1.29 is 14.7 Å². The molecule has 0 radical (unpaired) electrons. The van der Waals surface area contributed by atoms with E-state index in [0.717, 1.165) is 37.4 Å². The molecule has 1 aliphatic heterocycles. The Morgan fingerprint density at radius 2 is 1.69 bits per heavy atom. The van der Waals surface area contributed by atoms with E-state index in [-0.39, 0.29) is 11.6 Å². The number of rotatable bonds is 4. The number of nitrogens with one attached hydrogen (secondary N) is 2. The number of primary amides is 1. The molecular formula is C22H23ClN6O3. The van der Waals surface area contributed by atoms with Gasteiger partial charge < -0.3 is 26.4 Å². The maximum absolute atomic E-state index is 10.8. The quantitative estimate of drug-likeness (QED) is 0.475. The lowest BCUT2D eigenvalue weighted by molar-refractivity contribution is 0.0697. The second-order valence-corrected chi connectivity index (χ2v) is 7.29. The third kappa shape index (κ3) is 6.66. The predicted molar refractivity (Wildman–Crippen MR) is 123 cm³/mol. The first-order valence-corrected chi connectivity index (χ1v) is 10.2. The summed E-state index contributed by atoms with van der Waals surface area (Å²) in [7, 11) is 0. The Morgan fingerprint density at radius 1 is 1.03 bits per heavy atom.